The van der Waals surface area contributed by atoms with Gasteiger partial charge in [-0.05, 0) is 12.5 Å². The van der Waals surface area contributed by atoms with Crippen LogP contribution in [0.2, 0.25) is 0 Å². The van der Waals surface area contributed by atoms with Crippen LogP contribution in [0.3, 0.4) is 0 Å². The lowest BCUT2D eigenvalue weighted by molar-refractivity contribution is -0.697. The van der Waals surface area contributed by atoms with E-state index in [1.807, 2.05) is 0 Å². The topological polar surface area (TPSA) is 33.9 Å². The minimum Gasteiger partial charge on any atom is -0.870 e. The third-order valence-electron chi connectivity index (χ3n) is 1.83. The molecule has 68 valence electrons. The molecule has 1 N–H and O–H groups in total. The van der Waals surface area contributed by atoms with Gasteiger partial charge in [0.05, 0.1) is 0 Å². The quantitative estimate of drug-likeness (QED) is 0.633. The third-order valence-corrected chi connectivity index (χ3v) is 1.83. The van der Waals surface area contributed by atoms with Crippen molar-refractivity contribution >= 4 is 0 Å². The second-order valence-corrected chi connectivity index (χ2v) is 2.97. The SMILES string of the molecule is CCCC[n+]1ccc(C)cc1.[OH-]. The van der Waals surface area contributed by atoms with E-state index in [1.54, 1.807) is 0 Å². The van der Waals surface area contributed by atoms with Crippen LogP contribution in [0, 0.1) is 6.92 Å². The maximum absolute atomic E-state index is 2.23. The van der Waals surface area contributed by atoms with Crippen molar-refractivity contribution in [3.63, 3.8) is 0 Å². The van der Waals surface area contributed by atoms with Crippen LogP contribution in [-0.2, 0) is 6.54 Å². The summed E-state index contributed by atoms with van der Waals surface area (Å²) in [5.41, 5.74) is 1.33. The molecule has 0 amide bonds. The zero-order chi connectivity index (χ0) is 8.10. The van der Waals surface area contributed by atoms with E-state index in [2.05, 4.69) is 42.9 Å². The second-order valence-electron chi connectivity index (χ2n) is 2.97. The normalized spacial score (nSPS) is 9.17. The minimum absolute atomic E-state index is 0. The van der Waals surface area contributed by atoms with Crippen molar-refractivity contribution in [3.8, 4) is 0 Å². The van der Waals surface area contributed by atoms with E-state index in [9.17, 15) is 0 Å². The number of pyridine rings is 1. The molecular weight excluding hydrogens is 150 g/mol. The average Bonchev–Trinajstić information content (AvgIpc) is 2.04. The van der Waals surface area contributed by atoms with Gasteiger partial charge in [0.1, 0.15) is 6.54 Å². The van der Waals surface area contributed by atoms with Crippen molar-refractivity contribution in [2.75, 3.05) is 0 Å². The summed E-state index contributed by atoms with van der Waals surface area (Å²) >= 11 is 0. The Morgan fingerprint density at radius 3 is 2.33 bits per heavy atom. The Morgan fingerprint density at radius 1 is 1.25 bits per heavy atom. The van der Waals surface area contributed by atoms with Crippen molar-refractivity contribution in [1.29, 1.82) is 0 Å². The lowest BCUT2D eigenvalue weighted by atomic mass is 10.3. The highest BCUT2D eigenvalue weighted by Gasteiger charge is 1.95. The van der Waals surface area contributed by atoms with Gasteiger partial charge in [-0.2, -0.15) is 0 Å². The van der Waals surface area contributed by atoms with Gasteiger partial charge in [0.15, 0.2) is 12.4 Å². The van der Waals surface area contributed by atoms with Gasteiger partial charge < -0.3 is 5.48 Å². The Kier molecular flexibility index (Phi) is 5.30. The number of hydrogen-bond acceptors (Lipinski definition) is 1. The largest absolute Gasteiger partial charge is 0.870 e. The first kappa shape index (κ1) is 11.1. The smallest absolute Gasteiger partial charge is 0.169 e. The van der Waals surface area contributed by atoms with Gasteiger partial charge in [0.25, 0.3) is 0 Å². The molecule has 12 heavy (non-hydrogen) atoms. The summed E-state index contributed by atoms with van der Waals surface area (Å²) in [5, 5.41) is 0. The third kappa shape index (κ3) is 3.49. The van der Waals surface area contributed by atoms with Crippen LogP contribution in [0.15, 0.2) is 24.5 Å². The van der Waals surface area contributed by atoms with E-state index in [4.69, 9.17) is 0 Å². The molecule has 1 heterocycles. The predicted octanol–water partition coefficient (Wildman–Crippen LogP) is 1.91. The van der Waals surface area contributed by atoms with Crippen LogP contribution in [0.25, 0.3) is 0 Å². The lowest BCUT2D eigenvalue weighted by Gasteiger charge is -1.94. The summed E-state index contributed by atoms with van der Waals surface area (Å²) in [6.45, 7) is 5.48. The summed E-state index contributed by atoms with van der Waals surface area (Å²) in [7, 11) is 0. The monoisotopic (exact) mass is 167 g/mol. The fourth-order valence-electron chi connectivity index (χ4n) is 1.02. The number of nitrogens with zero attached hydrogens (tertiary/aromatic N) is 1. The summed E-state index contributed by atoms with van der Waals surface area (Å²) in [5.74, 6) is 0. The molecule has 0 aliphatic carbocycles. The fourth-order valence-corrected chi connectivity index (χ4v) is 1.02. The van der Waals surface area contributed by atoms with Crippen LogP contribution in [0.1, 0.15) is 25.3 Å². The summed E-state index contributed by atoms with van der Waals surface area (Å²) in [4.78, 5) is 0. The van der Waals surface area contributed by atoms with Crippen LogP contribution < -0.4 is 4.57 Å². The van der Waals surface area contributed by atoms with Gasteiger partial charge in [0, 0.05) is 18.6 Å². The second kappa shape index (κ2) is 5.72. The van der Waals surface area contributed by atoms with Crippen LogP contribution in [0.4, 0.5) is 0 Å². The van der Waals surface area contributed by atoms with E-state index in [0.717, 1.165) is 6.54 Å². The van der Waals surface area contributed by atoms with E-state index >= 15 is 0 Å². The van der Waals surface area contributed by atoms with Crippen molar-refractivity contribution in [2.45, 2.75) is 33.2 Å². The highest BCUT2D eigenvalue weighted by molar-refractivity contribution is 5.03. The first-order valence-electron chi connectivity index (χ1n) is 4.28. The van der Waals surface area contributed by atoms with Gasteiger partial charge in [-0.25, -0.2) is 4.57 Å². The summed E-state index contributed by atoms with van der Waals surface area (Å²) < 4.78 is 2.23. The van der Waals surface area contributed by atoms with E-state index in [0.29, 0.717) is 0 Å². The average molecular weight is 167 g/mol. The Bertz CT molecular complexity index is 206. The van der Waals surface area contributed by atoms with E-state index in [-0.39, 0.29) is 5.48 Å². The number of aromatic nitrogens is 1. The molecule has 0 radical (unpaired) electrons. The fraction of sp³-hybridized carbons (Fsp3) is 0.500. The van der Waals surface area contributed by atoms with Crippen molar-refractivity contribution in [1.82, 2.24) is 0 Å². The number of hydrogen-bond donors (Lipinski definition) is 0. The van der Waals surface area contributed by atoms with E-state index in [1.165, 1.54) is 18.4 Å². The number of aryl methyl sites for hydroxylation is 2. The summed E-state index contributed by atoms with van der Waals surface area (Å²) in [6.07, 6.45) is 6.82. The van der Waals surface area contributed by atoms with Gasteiger partial charge in [-0.1, -0.05) is 13.3 Å². The molecular formula is C10H17NO. The van der Waals surface area contributed by atoms with Crippen molar-refractivity contribution < 1.29 is 10.0 Å². The van der Waals surface area contributed by atoms with Gasteiger partial charge in [0.2, 0.25) is 0 Å². The zero-order valence-corrected chi connectivity index (χ0v) is 7.83. The van der Waals surface area contributed by atoms with Crippen LogP contribution >= 0.6 is 0 Å². The minimum atomic E-state index is 0. The van der Waals surface area contributed by atoms with Crippen molar-refractivity contribution in [3.05, 3.63) is 30.1 Å². The van der Waals surface area contributed by atoms with Crippen LogP contribution in [0.5, 0.6) is 0 Å². The molecule has 0 aromatic carbocycles. The molecule has 0 unspecified atom stereocenters. The molecule has 0 atom stereocenters. The highest BCUT2D eigenvalue weighted by atomic mass is 16.0. The molecule has 0 fully saturated rings. The molecule has 0 aliphatic rings. The molecule has 2 heteroatoms. The molecule has 0 bridgehead atoms. The lowest BCUT2D eigenvalue weighted by Crippen LogP contribution is -2.32. The molecule has 0 spiro atoms. The van der Waals surface area contributed by atoms with Gasteiger partial charge >= 0.3 is 0 Å². The standard InChI is InChI=1S/C10H16N.H2O/c1-3-4-7-11-8-5-10(2)6-9-11;/h5-6,8-9H,3-4,7H2,1-2H3;1H2/q+1;/p-1. The van der Waals surface area contributed by atoms with Gasteiger partial charge in [-0.15, -0.1) is 0 Å². The van der Waals surface area contributed by atoms with Crippen molar-refractivity contribution in [2.24, 2.45) is 0 Å². The molecule has 0 saturated heterocycles. The molecule has 1 rings (SSSR count). The first-order valence-corrected chi connectivity index (χ1v) is 4.28. The Hall–Kier alpha value is -0.890. The Balaban J connectivity index is 0.00000121. The molecule has 1 aromatic heterocycles. The predicted molar refractivity (Wildman–Crippen MR) is 48.2 cm³/mol. The molecule has 0 saturated carbocycles. The first-order chi connectivity index (χ1) is 5.33. The number of unbranched alkanes of at least 4 members (excludes halogenated alkanes) is 1. The van der Waals surface area contributed by atoms with E-state index < -0.39 is 0 Å². The maximum atomic E-state index is 2.23. The zero-order valence-electron chi connectivity index (χ0n) is 7.83. The molecule has 1 aromatic rings. The Labute approximate surface area is 74.2 Å². The maximum Gasteiger partial charge on any atom is 0.169 e. The van der Waals surface area contributed by atoms with Crippen LogP contribution in [-0.4, -0.2) is 5.48 Å². The molecule has 0 aliphatic heterocycles. The Morgan fingerprint density at radius 2 is 1.83 bits per heavy atom. The number of rotatable bonds is 3. The molecule has 2 nitrogen and oxygen atoms in total. The van der Waals surface area contributed by atoms with Gasteiger partial charge in [-0.3, -0.25) is 0 Å². The summed E-state index contributed by atoms with van der Waals surface area (Å²) in [6, 6.07) is 4.30. The highest BCUT2D eigenvalue weighted by Crippen LogP contribution is 1.91.